The highest BCUT2D eigenvalue weighted by Gasteiger charge is 2.18. The number of hydrogen-bond donors (Lipinski definition) is 1. The molecule has 0 aliphatic carbocycles. The molecule has 1 N–H and O–H groups in total. The van der Waals surface area contributed by atoms with Crippen LogP contribution in [0.4, 0.5) is 18.9 Å². The third-order valence-corrected chi connectivity index (χ3v) is 2.22. The Morgan fingerprint density at radius 3 is 2.29 bits per heavy atom. The molecular formula is C11H12F3NO2. The van der Waals surface area contributed by atoms with E-state index in [0.29, 0.717) is 6.42 Å². The van der Waals surface area contributed by atoms with Crippen LogP contribution in [0.5, 0.6) is 0 Å². The van der Waals surface area contributed by atoms with Crippen molar-refractivity contribution in [2.45, 2.75) is 19.4 Å². The molecule has 0 bridgehead atoms. The van der Waals surface area contributed by atoms with Crippen molar-refractivity contribution in [3.8, 4) is 0 Å². The van der Waals surface area contributed by atoms with Gasteiger partial charge in [0, 0.05) is 17.8 Å². The van der Waals surface area contributed by atoms with Gasteiger partial charge in [0.15, 0.2) is 17.5 Å². The van der Waals surface area contributed by atoms with Gasteiger partial charge in [0.05, 0.1) is 7.11 Å². The zero-order valence-electron chi connectivity index (χ0n) is 9.39. The number of benzene rings is 1. The lowest BCUT2D eigenvalue weighted by Crippen LogP contribution is -2.29. The molecule has 3 nitrogen and oxygen atoms in total. The van der Waals surface area contributed by atoms with Gasteiger partial charge in [-0.3, -0.25) is 0 Å². The summed E-state index contributed by atoms with van der Waals surface area (Å²) >= 11 is 0. The second-order valence-corrected chi connectivity index (χ2v) is 3.38. The van der Waals surface area contributed by atoms with Crippen LogP contribution in [0.1, 0.15) is 13.3 Å². The number of carbonyl (C=O) groups is 1. The number of ether oxygens (including phenoxy) is 1. The lowest BCUT2D eigenvalue weighted by atomic mass is 10.2. The standard InChI is InChI=1S/C11H12F3NO2/c1-3-9(11(16)17-2)15-6-4-7(12)10(14)8(13)5-6/h4-5,9,15H,3H2,1-2H3. The van der Waals surface area contributed by atoms with Gasteiger partial charge in [-0.25, -0.2) is 18.0 Å². The number of hydrogen-bond acceptors (Lipinski definition) is 3. The van der Waals surface area contributed by atoms with E-state index in [1.165, 1.54) is 7.11 Å². The predicted octanol–water partition coefficient (Wildman–Crippen LogP) is 2.47. The van der Waals surface area contributed by atoms with Crippen molar-refractivity contribution in [1.82, 2.24) is 0 Å². The van der Waals surface area contributed by atoms with Gasteiger partial charge in [-0.05, 0) is 6.42 Å². The average Bonchev–Trinajstić information content (AvgIpc) is 2.31. The average molecular weight is 247 g/mol. The number of rotatable bonds is 4. The van der Waals surface area contributed by atoms with Crippen molar-refractivity contribution in [3.05, 3.63) is 29.6 Å². The third kappa shape index (κ3) is 3.12. The quantitative estimate of drug-likeness (QED) is 0.656. The smallest absolute Gasteiger partial charge is 0.328 e. The monoisotopic (exact) mass is 247 g/mol. The molecule has 1 aromatic carbocycles. The van der Waals surface area contributed by atoms with Crippen molar-refractivity contribution < 1.29 is 22.7 Å². The molecule has 0 saturated carbocycles. The summed E-state index contributed by atoms with van der Waals surface area (Å²) in [5.74, 6) is -4.72. The van der Waals surface area contributed by atoms with E-state index in [9.17, 15) is 18.0 Å². The van der Waals surface area contributed by atoms with E-state index < -0.39 is 29.5 Å². The molecule has 1 rings (SSSR count). The Morgan fingerprint density at radius 2 is 1.88 bits per heavy atom. The second kappa shape index (κ2) is 5.56. The van der Waals surface area contributed by atoms with Crippen molar-refractivity contribution in [1.29, 1.82) is 0 Å². The minimum absolute atomic E-state index is 0.0151. The van der Waals surface area contributed by atoms with E-state index >= 15 is 0 Å². The molecule has 0 aromatic heterocycles. The molecule has 17 heavy (non-hydrogen) atoms. The van der Waals surface area contributed by atoms with Crippen molar-refractivity contribution in [2.75, 3.05) is 12.4 Å². The molecular weight excluding hydrogens is 235 g/mol. The number of esters is 1. The predicted molar refractivity (Wildman–Crippen MR) is 56.0 cm³/mol. The van der Waals surface area contributed by atoms with E-state index in [4.69, 9.17) is 0 Å². The third-order valence-electron chi connectivity index (χ3n) is 2.22. The zero-order chi connectivity index (χ0) is 13.0. The van der Waals surface area contributed by atoms with Crippen LogP contribution in [-0.2, 0) is 9.53 Å². The van der Waals surface area contributed by atoms with Crippen LogP contribution in [0.3, 0.4) is 0 Å². The van der Waals surface area contributed by atoms with Gasteiger partial charge in [0.2, 0.25) is 0 Å². The second-order valence-electron chi connectivity index (χ2n) is 3.38. The Balaban J connectivity index is 2.91. The van der Waals surface area contributed by atoms with Crippen LogP contribution in [0.15, 0.2) is 12.1 Å². The number of carbonyl (C=O) groups excluding carboxylic acids is 1. The van der Waals surface area contributed by atoms with Gasteiger partial charge in [-0.2, -0.15) is 0 Å². The minimum atomic E-state index is -1.54. The molecule has 0 amide bonds. The largest absolute Gasteiger partial charge is 0.467 e. The molecule has 0 heterocycles. The van der Waals surface area contributed by atoms with Gasteiger partial charge in [-0.1, -0.05) is 6.92 Å². The molecule has 0 aliphatic rings. The Kier molecular flexibility index (Phi) is 4.37. The van der Waals surface area contributed by atoms with E-state index in [1.807, 2.05) is 0 Å². The van der Waals surface area contributed by atoms with Crippen molar-refractivity contribution in [2.24, 2.45) is 0 Å². The lowest BCUT2D eigenvalue weighted by Gasteiger charge is -2.15. The molecule has 0 fully saturated rings. The zero-order valence-corrected chi connectivity index (χ0v) is 9.39. The summed E-state index contributed by atoms with van der Waals surface area (Å²) in [4.78, 5) is 11.2. The first-order chi connectivity index (χ1) is 7.99. The first-order valence-electron chi connectivity index (χ1n) is 4.98. The summed E-state index contributed by atoms with van der Waals surface area (Å²) in [7, 11) is 1.21. The fraction of sp³-hybridized carbons (Fsp3) is 0.364. The lowest BCUT2D eigenvalue weighted by molar-refractivity contribution is -0.141. The van der Waals surface area contributed by atoms with E-state index in [0.717, 1.165) is 12.1 Å². The molecule has 6 heteroatoms. The maximum Gasteiger partial charge on any atom is 0.328 e. The highest BCUT2D eigenvalue weighted by Crippen LogP contribution is 2.18. The summed E-state index contributed by atoms with van der Waals surface area (Å²) in [5.41, 5.74) is -0.0151. The molecule has 0 radical (unpaired) electrons. The Morgan fingerprint density at radius 1 is 1.35 bits per heavy atom. The number of methoxy groups -OCH3 is 1. The number of halogens is 3. The molecule has 1 aromatic rings. The van der Waals surface area contributed by atoms with Gasteiger partial charge in [0.1, 0.15) is 6.04 Å². The summed E-state index contributed by atoms with van der Waals surface area (Å²) in [6.45, 7) is 1.70. The molecule has 0 saturated heterocycles. The molecule has 0 aliphatic heterocycles. The molecule has 94 valence electrons. The van der Waals surface area contributed by atoms with E-state index in [1.54, 1.807) is 6.92 Å². The Labute approximate surface area is 96.6 Å². The van der Waals surface area contributed by atoms with Crippen LogP contribution < -0.4 is 5.32 Å². The molecule has 1 unspecified atom stereocenters. The van der Waals surface area contributed by atoms with Gasteiger partial charge in [0.25, 0.3) is 0 Å². The van der Waals surface area contributed by atoms with Crippen LogP contribution in [0, 0.1) is 17.5 Å². The van der Waals surface area contributed by atoms with E-state index in [2.05, 4.69) is 10.1 Å². The Bertz CT molecular complexity index is 400. The van der Waals surface area contributed by atoms with Crippen LogP contribution in [-0.4, -0.2) is 19.1 Å². The van der Waals surface area contributed by atoms with Crippen molar-refractivity contribution >= 4 is 11.7 Å². The molecule has 1 atom stereocenters. The normalized spacial score (nSPS) is 12.1. The SMILES string of the molecule is CCC(Nc1cc(F)c(F)c(F)c1)C(=O)OC. The maximum absolute atomic E-state index is 12.9. The van der Waals surface area contributed by atoms with Crippen molar-refractivity contribution in [3.63, 3.8) is 0 Å². The Hall–Kier alpha value is -1.72. The first kappa shape index (κ1) is 13.3. The summed E-state index contributed by atoms with van der Waals surface area (Å²) in [6, 6.07) is 0.831. The van der Waals surface area contributed by atoms with Crippen LogP contribution in [0.25, 0.3) is 0 Å². The fourth-order valence-corrected chi connectivity index (χ4v) is 1.31. The number of anilines is 1. The minimum Gasteiger partial charge on any atom is -0.467 e. The van der Waals surface area contributed by atoms with Gasteiger partial charge >= 0.3 is 5.97 Å². The van der Waals surface area contributed by atoms with Crippen LogP contribution >= 0.6 is 0 Å². The molecule has 0 spiro atoms. The highest BCUT2D eigenvalue weighted by molar-refractivity contribution is 5.79. The number of nitrogens with one attached hydrogen (secondary N) is 1. The van der Waals surface area contributed by atoms with E-state index in [-0.39, 0.29) is 5.69 Å². The first-order valence-corrected chi connectivity index (χ1v) is 4.98. The maximum atomic E-state index is 12.9. The van der Waals surface area contributed by atoms with Crippen LogP contribution in [0.2, 0.25) is 0 Å². The summed E-state index contributed by atoms with van der Waals surface area (Å²) < 4.78 is 43.0. The summed E-state index contributed by atoms with van der Waals surface area (Å²) in [5, 5.41) is 2.57. The van der Waals surface area contributed by atoms with Gasteiger partial charge in [-0.15, -0.1) is 0 Å². The fourth-order valence-electron chi connectivity index (χ4n) is 1.31. The topological polar surface area (TPSA) is 38.3 Å². The summed E-state index contributed by atoms with van der Waals surface area (Å²) in [6.07, 6.45) is 0.368. The highest BCUT2D eigenvalue weighted by atomic mass is 19.2. The van der Waals surface area contributed by atoms with Gasteiger partial charge < -0.3 is 10.1 Å².